The van der Waals surface area contributed by atoms with E-state index in [1.165, 1.54) is 44.9 Å². The summed E-state index contributed by atoms with van der Waals surface area (Å²) in [6.45, 7) is 0. The van der Waals surface area contributed by atoms with Crippen LogP contribution in [0.2, 0.25) is 0 Å². The minimum Gasteiger partial charge on any atom is -0.300 e. The summed E-state index contributed by atoms with van der Waals surface area (Å²) in [5, 5.41) is 0.443. The van der Waals surface area contributed by atoms with Gasteiger partial charge in [-0.1, -0.05) is 0 Å². The highest BCUT2D eigenvalue weighted by Crippen LogP contribution is 2.48. The number of nitrogens with zero attached hydrogens (tertiary/aromatic N) is 1. The zero-order chi connectivity index (χ0) is 12.7. The first-order valence-corrected chi connectivity index (χ1v) is 8.59. The van der Waals surface area contributed by atoms with E-state index in [0.717, 1.165) is 35.7 Å². The summed E-state index contributed by atoms with van der Waals surface area (Å²) in [4.78, 5) is 2.62. The highest BCUT2D eigenvalue weighted by Gasteiger charge is 2.47. The Kier molecular flexibility index (Phi) is 4.13. The quantitative estimate of drug-likeness (QED) is 0.691. The number of hydrogen-bond donors (Lipinski definition) is 0. The van der Waals surface area contributed by atoms with Crippen molar-refractivity contribution in [2.24, 2.45) is 17.8 Å². The lowest BCUT2D eigenvalue weighted by molar-refractivity contribution is 0.0375. The Morgan fingerprint density at radius 3 is 2.44 bits per heavy atom. The smallest absolute Gasteiger partial charge is 0.0336 e. The first kappa shape index (κ1) is 13.5. The Labute approximate surface area is 121 Å². The van der Waals surface area contributed by atoms with Gasteiger partial charge in [-0.3, -0.25) is 0 Å². The van der Waals surface area contributed by atoms with Gasteiger partial charge in [-0.15, -0.1) is 23.2 Å². The molecule has 0 amide bonds. The number of piperidine rings is 1. The molecule has 104 valence electrons. The monoisotopic (exact) mass is 289 g/mol. The maximum atomic E-state index is 6.33. The molecule has 4 atom stereocenters. The molecular weight excluding hydrogens is 265 g/mol. The fraction of sp³-hybridized carbons (Fsp3) is 1.00. The predicted molar refractivity (Wildman–Crippen MR) is 78.5 cm³/mol. The molecule has 2 heterocycles. The van der Waals surface area contributed by atoms with E-state index < -0.39 is 0 Å². The lowest BCUT2D eigenvalue weighted by Crippen LogP contribution is -2.49. The first-order valence-electron chi connectivity index (χ1n) is 7.62. The normalized spacial score (nSPS) is 49.5. The molecule has 0 spiro atoms. The summed E-state index contributed by atoms with van der Waals surface area (Å²) < 4.78 is 0. The zero-order valence-electron chi connectivity index (χ0n) is 11.3. The Hall–Kier alpha value is 0.540. The van der Waals surface area contributed by atoms with Crippen molar-refractivity contribution in [1.82, 2.24) is 4.90 Å². The number of rotatable bonds is 2. The van der Waals surface area contributed by atoms with Gasteiger partial charge in [-0.05, 0) is 69.7 Å². The molecule has 0 N–H and O–H groups in total. The molecule has 3 fully saturated rings. The largest absolute Gasteiger partial charge is 0.300 e. The first-order chi connectivity index (χ1) is 8.70. The van der Waals surface area contributed by atoms with E-state index >= 15 is 0 Å². The van der Waals surface area contributed by atoms with Crippen LogP contribution >= 0.6 is 23.2 Å². The van der Waals surface area contributed by atoms with Crippen molar-refractivity contribution in [3.8, 4) is 0 Å². The second kappa shape index (κ2) is 5.50. The molecule has 0 aromatic heterocycles. The summed E-state index contributed by atoms with van der Waals surface area (Å²) in [6, 6.07) is 1.60. The molecule has 1 nitrogen and oxygen atoms in total. The summed E-state index contributed by atoms with van der Waals surface area (Å²) in [7, 11) is 2.31. The Balaban J connectivity index is 1.71. The Bertz CT molecular complexity index is 288. The highest BCUT2D eigenvalue weighted by molar-refractivity contribution is 6.20. The van der Waals surface area contributed by atoms with E-state index in [0.29, 0.717) is 5.38 Å². The van der Waals surface area contributed by atoms with E-state index in [2.05, 4.69) is 11.9 Å². The SMILES string of the molecule is CN1C2CC[C@@H]1C[C@H](C1CCC(Cl)CC1)[C@@H]2CCl. The highest BCUT2D eigenvalue weighted by atomic mass is 35.5. The zero-order valence-corrected chi connectivity index (χ0v) is 12.8. The maximum Gasteiger partial charge on any atom is 0.0336 e. The van der Waals surface area contributed by atoms with Crippen molar-refractivity contribution >= 4 is 23.2 Å². The van der Waals surface area contributed by atoms with Crippen LogP contribution in [0.3, 0.4) is 0 Å². The molecule has 1 saturated carbocycles. The van der Waals surface area contributed by atoms with Gasteiger partial charge in [-0.2, -0.15) is 0 Å². The van der Waals surface area contributed by atoms with Crippen LogP contribution in [0.1, 0.15) is 44.9 Å². The third-order valence-electron chi connectivity index (χ3n) is 5.97. The van der Waals surface area contributed by atoms with Crippen molar-refractivity contribution in [3.05, 3.63) is 0 Å². The fourth-order valence-corrected chi connectivity index (χ4v) is 5.57. The molecule has 0 aromatic carbocycles. The van der Waals surface area contributed by atoms with E-state index in [4.69, 9.17) is 23.2 Å². The van der Waals surface area contributed by atoms with Crippen LogP contribution in [0.25, 0.3) is 0 Å². The van der Waals surface area contributed by atoms with Crippen LogP contribution in [-0.2, 0) is 0 Å². The molecule has 18 heavy (non-hydrogen) atoms. The molecule has 0 radical (unpaired) electrons. The third kappa shape index (κ3) is 2.31. The van der Waals surface area contributed by atoms with Gasteiger partial charge < -0.3 is 4.90 Å². The van der Waals surface area contributed by atoms with Gasteiger partial charge in [0.1, 0.15) is 0 Å². The van der Waals surface area contributed by atoms with Gasteiger partial charge in [0.05, 0.1) is 0 Å². The molecule has 3 aliphatic rings. The standard InChI is InChI=1S/C15H25Cl2N/c1-18-12-6-7-15(18)14(9-16)13(8-12)10-2-4-11(17)5-3-10/h10-15H,2-9H2,1H3/t10?,11?,12-,13-,14+,15?/m1/s1. The lowest BCUT2D eigenvalue weighted by Gasteiger charge is -2.46. The molecule has 3 rings (SSSR count). The Morgan fingerprint density at radius 1 is 1.06 bits per heavy atom. The number of hydrogen-bond acceptors (Lipinski definition) is 1. The fourth-order valence-electron chi connectivity index (χ4n) is 4.88. The molecule has 1 unspecified atom stereocenters. The van der Waals surface area contributed by atoms with Crippen molar-refractivity contribution in [3.63, 3.8) is 0 Å². The minimum absolute atomic E-state index is 0.443. The molecule has 1 aliphatic carbocycles. The van der Waals surface area contributed by atoms with E-state index in [1.807, 2.05) is 0 Å². The lowest BCUT2D eigenvalue weighted by atomic mass is 9.69. The summed E-state index contributed by atoms with van der Waals surface area (Å²) in [5.41, 5.74) is 0. The summed E-state index contributed by atoms with van der Waals surface area (Å²) in [5.74, 6) is 3.36. The van der Waals surface area contributed by atoms with Crippen LogP contribution in [0.4, 0.5) is 0 Å². The van der Waals surface area contributed by atoms with Gasteiger partial charge in [0.25, 0.3) is 0 Å². The average Bonchev–Trinajstić information content (AvgIpc) is 2.63. The molecule has 0 aromatic rings. The van der Waals surface area contributed by atoms with Gasteiger partial charge in [0.15, 0.2) is 0 Å². The number of fused-ring (bicyclic) bond motifs is 2. The van der Waals surface area contributed by atoms with Gasteiger partial charge in [0, 0.05) is 23.3 Å². The van der Waals surface area contributed by atoms with Crippen molar-refractivity contribution in [1.29, 1.82) is 0 Å². The van der Waals surface area contributed by atoms with Gasteiger partial charge >= 0.3 is 0 Å². The van der Waals surface area contributed by atoms with Crippen molar-refractivity contribution in [2.45, 2.75) is 62.4 Å². The molecule has 2 bridgehead atoms. The maximum absolute atomic E-state index is 6.33. The number of alkyl halides is 2. The van der Waals surface area contributed by atoms with Crippen LogP contribution in [0, 0.1) is 17.8 Å². The second-order valence-electron chi connectivity index (χ2n) is 6.69. The summed E-state index contributed by atoms with van der Waals surface area (Å²) >= 11 is 12.6. The van der Waals surface area contributed by atoms with Gasteiger partial charge in [0.2, 0.25) is 0 Å². The molecule has 2 aliphatic heterocycles. The van der Waals surface area contributed by atoms with E-state index in [-0.39, 0.29) is 0 Å². The Morgan fingerprint density at radius 2 is 1.78 bits per heavy atom. The molecular formula is C15H25Cl2N. The minimum atomic E-state index is 0.443. The topological polar surface area (TPSA) is 3.24 Å². The molecule has 3 heteroatoms. The van der Waals surface area contributed by atoms with E-state index in [9.17, 15) is 0 Å². The third-order valence-corrected chi connectivity index (χ3v) is 6.76. The van der Waals surface area contributed by atoms with Crippen LogP contribution in [0.5, 0.6) is 0 Å². The van der Waals surface area contributed by atoms with E-state index in [1.54, 1.807) is 0 Å². The summed E-state index contributed by atoms with van der Waals surface area (Å²) in [6.07, 6.45) is 9.30. The van der Waals surface area contributed by atoms with Gasteiger partial charge in [-0.25, -0.2) is 0 Å². The van der Waals surface area contributed by atoms with Crippen molar-refractivity contribution < 1.29 is 0 Å². The van der Waals surface area contributed by atoms with Crippen LogP contribution < -0.4 is 0 Å². The number of halogens is 2. The molecule has 2 saturated heterocycles. The van der Waals surface area contributed by atoms with Crippen LogP contribution in [0.15, 0.2) is 0 Å². The predicted octanol–water partition coefficient (Wildman–Crippen LogP) is 4.12. The van der Waals surface area contributed by atoms with Crippen LogP contribution in [-0.4, -0.2) is 35.3 Å². The second-order valence-corrected chi connectivity index (χ2v) is 7.62. The van der Waals surface area contributed by atoms with Crippen molar-refractivity contribution in [2.75, 3.05) is 12.9 Å². The average molecular weight is 290 g/mol.